The highest BCUT2D eigenvalue weighted by Gasteiger charge is 2.20. The van der Waals surface area contributed by atoms with Crippen LogP contribution in [-0.4, -0.2) is 28.7 Å². The van der Waals surface area contributed by atoms with Crippen LogP contribution in [0.25, 0.3) is 11.1 Å². The summed E-state index contributed by atoms with van der Waals surface area (Å²) in [6, 6.07) is 15.0. The molecule has 0 saturated heterocycles. The first-order valence-electron chi connectivity index (χ1n) is 9.01. The number of fused-ring (bicyclic) bond motifs is 1. The molecular formula is C21H22N2O4S. The number of para-hydroxylation sites is 3. The Kier molecular flexibility index (Phi) is 6.36. The van der Waals surface area contributed by atoms with Crippen molar-refractivity contribution >= 4 is 40.4 Å². The fraction of sp³-hybridized carbons (Fsp3) is 0.286. The number of thioether (sulfide) groups is 1. The van der Waals surface area contributed by atoms with Gasteiger partial charge in [0.2, 0.25) is 0 Å². The molecule has 0 aliphatic rings. The van der Waals surface area contributed by atoms with Gasteiger partial charge in [0.15, 0.2) is 11.7 Å². The third-order valence-corrected chi connectivity index (χ3v) is 4.91. The Morgan fingerprint density at radius 3 is 2.57 bits per heavy atom. The number of rotatable bonds is 7. The molecule has 1 atom stereocenters. The first kappa shape index (κ1) is 19.9. The normalized spacial score (nSPS) is 12.1. The molecule has 0 aliphatic heterocycles. The average Bonchev–Trinajstić information content (AvgIpc) is 3.09. The summed E-state index contributed by atoms with van der Waals surface area (Å²) >= 11 is 1.13. The molecule has 28 heavy (non-hydrogen) atoms. The summed E-state index contributed by atoms with van der Waals surface area (Å²) < 4.78 is 10.8. The van der Waals surface area contributed by atoms with Crippen LogP contribution < -0.4 is 5.32 Å². The number of amides is 1. The van der Waals surface area contributed by atoms with Crippen molar-refractivity contribution in [2.24, 2.45) is 0 Å². The Morgan fingerprint density at radius 2 is 1.82 bits per heavy atom. The highest BCUT2D eigenvalue weighted by atomic mass is 32.2. The number of benzene rings is 2. The van der Waals surface area contributed by atoms with Crippen LogP contribution in [0.15, 0.2) is 58.2 Å². The van der Waals surface area contributed by atoms with Gasteiger partial charge in [0.1, 0.15) is 11.3 Å². The molecule has 146 valence electrons. The molecule has 0 fully saturated rings. The summed E-state index contributed by atoms with van der Waals surface area (Å²) in [5.74, 6) is -0.602. The molecule has 0 aliphatic carbocycles. The summed E-state index contributed by atoms with van der Waals surface area (Å²) in [6.45, 7) is 5.66. The number of esters is 1. The molecule has 1 amide bonds. The summed E-state index contributed by atoms with van der Waals surface area (Å²) in [7, 11) is 0. The molecule has 3 aromatic rings. The van der Waals surface area contributed by atoms with E-state index in [-0.39, 0.29) is 17.6 Å². The first-order chi connectivity index (χ1) is 13.4. The monoisotopic (exact) mass is 398 g/mol. The van der Waals surface area contributed by atoms with Crippen LogP contribution in [0.4, 0.5) is 5.69 Å². The largest absolute Gasteiger partial charge is 0.452 e. The highest BCUT2D eigenvalue weighted by molar-refractivity contribution is 7.99. The molecule has 7 heteroatoms. The summed E-state index contributed by atoms with van der Waals surface area (Å²) in [6.07, 6.45) is -0.906. The summed E-state index contributed by atoms with van der Waals surface area (Å²) in [5.41, 5.74) is 3.15. The van der Waals surface area contributed by atoms with Gasteiger partial charge in [-0.15, -0.1) is 0 Å². The van der Waals surface area contributed by atoms with Crippen LogP contribution in [0.2, 0.25) is 0 Å². The standard InChI is InChI=1S/C21H22N2O4S/c1-13(2)15-8-4-5-9-16(15)22-20(25)14(3)26-19(24)12-28-21-23-17-10-6-7-11-18(17)27-21/h4-11,13-14H,12H2,1-3H3,(H,22,25)/t14-/m0/s1. The smallest absolute Gasteiger partial charge is 0.317 e. The van der Waals surface area contributed by atoms with Gasteiger partial charge in [-0.05, 0) is 36.6 Å². The maximum atomic E-state index is 12.4. The second-order valence-corrected chi connectivity index (χ2v) is 7.53. The van der Waals surface area contributed by atoms with Gasteiger partial charge in [0.25, 0.3) is 11.1 Å². The molecule has 0 saturated carbocycles. The fourth-order valence-electron chi connectivity index (χ4n) is 2.67. The Bertz CT molecular complexity index is 950. The van der Waals surface area contributed by atoms with E-state index in [0.717, 1.165) is 28.5 Å². The van der Waals surface area contributed by atoms with Gasteiger partial charge < -0.3 is 14.5 Å². The van der Waals surface area contributed by atoms with E-state index in [0.29, 0.717) is 10.8 Å². The minimum atomic E-state index is -0.906. The van der Waals surface area contributed by atoms with Crippen molar-refractivity contribution in [3.8, 4) is 0 Å². The van der Waals surface area contributed by atoms with Crippen LogP contribution in [-0.2, 0) is 14.3 Å². The van der Waals surface area contributed by atoms with Gasteiger partial charge in [-0.3, -0.25) is 9.59 Å². The van der Waals surface area contributed by atoms with E-state index < -0.39 is 12.1 Å². The zero-order valence-electron chi connectivity index (χ0n) is 16.0. The van der Waals surface area contributed by atoms with Crippen LogP contribution in [0.3, 0.4) is 0 Å². The van der Waals surface area contributed by atoms with E-state index in [2.05, 4.69) is 24.1 Å². The lowest BCUT2D eigenvalue weighted by Crippen LogP contribution is -2.30. The van der Waals surface area contributed by atoms with Crippen molar-refractivity contribution in [2.75, 3.05) is 11.1 Å². The van der Waals surface area contributed by atoms with E-state index >= 15 is 0 Å². The van der Waals surface area contributed by atoms with E-state index in [9.17, 15) is 9.59 Å². The fourth-order valence-corrected chi connectivity index (χ4v) is 3.29. The molecule has 0 unspecified atom stereocenters. The van der Waals surface area contributed by atoms with Crippen LogP contribution in [0.1, 0.15) is 32.3 Å². The van der Waals surface area contributed by atoms with Crippen molar-refractivity contribution in [2.45, 2.75) is 38.0 Å². The third-order valence-electron chi connectivity index (χ3n) is 4.11. The molecule has 1 heterocycles. The minimum Gasteiger partial charge on any atom is -0.452 e. The Balaban J connectivity index is 1.53. The minimum absolute atomic E-state index is 0.00697. The summed E-state index contributed by atoms with van der Waals surface area (Å²) in [5, 5.41) is 3.22. The molecule has 1 N–H and O–H groups in total. The number of nitrogens with zero attached hydrogens (tertiary/aromatic N) is 1. The van der Waals surface area contributed by atoms with Gasteiger partial charge >= 0.3 is 5.97 Å². The Labute approximate surface area is 167 Å². The zero-order valence-corrected chi connectivity index (χ0v) is 16.8. The van der Waals surface area contributed by atoms with Crippen molar-refractivity contribution in [1.82, 2.24) is 4.98 Å². The lowest BCUT2D eigenvalue weighted by Gasteiger charge is -2.17. The maximum absolute atomic E-state index is 12.4. The number of hydrogen-bond acceptors (Lipinski definition) is 6. The second kappa shape index (κ2) is 8.93. The number of carbonyl (C=O) groups is 2. The molecule has 1 aromatic heterocycles. The highest BCUT2D eigenvalue weighted by Crippen LogP contribution is 2.25. The van der Waals surface area contributed by atoms with E-state index in [1.165, 1.54) is 0 Å². The number of carbonyl (C=O) groups excluding carboxylic acids is 2. The Hall–Kier alpha value is -2.80. The summed E-state index contributed by atoms with van der Waals surface area (Å²) in [4.78, 5) is 28.8. The van der Waals surface area contributed by atoms with Crippen LogP contribution in [0.5, 0.6) is 0 Å². The van der Waals surface area contributed by atoms with E-state index in [1.54, 1.807) is 6.92 Å². The van der Waals surface area contributed by atoms with Gasteiger partial charge in [-0.2, -0.15) is 0 Å². The lowest BCUT2D eigenvalue weighted by atomic mass is 10.0. The Morgan fingerprint density at radius 1 is 1.11 bits per heavy atom. The van der Waals surface area contributed by atoms with Crippen LogP contribution >= 0.6 is 11.8 Å². The van der Waals surface area contributed by atoms with Crippen molar-refractivity contribution < 1.29 is 18.7 Å². The van der Waals surface area contributed by atoms with Crippen molar-refractivity contribution in [3.05, 3.63) is 54.1 Å². The molecular weight excluding hydrogens is 376 g/mol. The number of anilines is 1. The van der Waals surface area contributed by atoms with E-state index in [4.69, 9.17) is 9.15 Å². The topological polar surface area (TPSA) is 81.4 Å². The quantitative estimate of drug-likeness (QED) is 0.462. The lowest BCUT2D eigenvalue weighted by molar-refractivity contribution is -0.150. The van der Waals surface area contributed by atoms with Gasteiger partial charge in [0, 0.05) is 5.69 Å². The van der Waals surface area contributed by atoms with Crippen molar-refractivity contribution in [3.63, 3.8) is 0 Å². The number of nitrogens with one attached hydrogen (secondary N) is 1. The van der Waals surface area contributed by atoms with Gasteiger partial charge in [-0.1, -0.05) is 55.9 Å². The van der Waals surface area contributed by atoms with Gasteiger partial charge in [0.05, 0.1) is 0 Å². The molecule has 0 radical (unpaired) electrons. The number of ether oxygens (including phenoxy) is 1. The van der Waals surface area contributed by atoms with E-state index in [1.807, 2.05) is 48.5 Å². The van der Waals surface area contributed by atoms with Gasteiger partial charge in [-0.25, -0.2) is 4.98 Å². The SMILES string of the molecule is CC(C)c1ccccc1NC(=O)[C@H](C)OC(=O)CSc1nc2ccccc2o1. The molecule has 6 nitrogen and oxygen atoms in total. The molecule has 3 rings (SSSR count). The number of oxazole rings is 1. The second-order valence-electron chi connectivity index (χ2n) is 6.60. The van der Waals surface area contributed by atoms with Crippen LogP contribution in [0, 0.1) is 0 Å². The molecule has 0 bridgehead atoms. The molecule has 0 spiro atoms. The number of hydrogen-bond donors (Lipinski definition) is 1. The predicted molar refractivity (Wildman–Crippen MR) is 109 cm³/mol. The van der Waals surface area contributed by atoms with Crippen molar-refractivity contribution in [1.29, 1.82) is 0 Å². The molecule has 2 aromatic carbocycles. The predicted octanol–water partition coefficient (Wildman–Crippen LogP) is 4.61. The third kappa shape index (κ3) is 4.92. The first-order valence-corrected chi connectivity index (χ1v) is 10.00. The maximum Gasteiger partial charge on any atom is 0.317 e. The zero-order chi connectivity index (χ0) is 20.1. The average molecular weight is 398 g/mol. The number of aromatic nitrogens is 1.